The standard InChI is InChI=1S/C59H90N2/c1-3-5-7-9-24-28-32-56-48-54(42-44-58(56)60)46-52-38-34-50(35-39-52)30-26-22-20-18-16-14-12-11-13-15-17-19-21-23-27-31-51-36-40-53(41-37-51)47-55-43-45-59(61)57(49-55)33-29-25-10-8-6-4-2/h34-45,48-49H,3-33,46-47,60-61H2,1-2H3. The first-order valence-corrected chi connectivity index (χ1v) is 25.9. The zero-order chi connectivity index (χ0) is 43.0. The molecule has 2 heteroatoms. The normalized spacial score (nSPS) is 11.4. The summed E-state index contributed by atoms with van der Waals surface area (Å²) in [6, 6.07) is 32.2. The van der Waals surface area contributed by atoms with Gasteiger partial charge in [-0.3, -0.25) is 0 Å². The highest BCUT2D eigenvalue weighted by molar-refractivity contribution is 5.50. The number of anilines is 2. The van der Waals surface area contributed by atoms with Crippen molar-refractivity contribution in [3.63, 3.8) is 0 Å². The monoisotopic (exact) mass is 827 g/mol. The highest BCUT2D eigenvalue weighted by Gasteiger charge is 2.06. The Hall–Kier alpha value is -3.52. The molecule has 0 atom stereocenters. The lowest BCUT2D eigenvalue weighted by atomic mass is 9.97. The van der Waals surface area contributed by atoms with Crippen molar-refractivity contribution in [2.45, 2.75) is 226 Å². The Labute approximate surface area is 376 Å². The minimum absolute atomic E-state index is 0.961. The predicted molar refractivity (Wildman–Crippen MR) is 271 cm³/mol. The molecule has 0 aromatic heterocycles. The van der Waals surface area contributed by atoms with E-state index in [2.05, 4.69) is 98.8 Å². The molecule has 0 saturated carbocycles. The molecule has 4 rings (SSSR count). The number of nitrogens with two attached hydrogens (primary N) is 2. The SMILES string of the molecule is CCCCCCCCc1cc(Cc2ccc(CCCCCCCCCCCCCCCCCc3ccc(Cc4ccc(N)c(CCCCCCCC)c4)cc3)cc2)ccc1N. The third-order valence-corrected chi connectivity index (χ3v) is 13.3. The highest BCUT2D eigenvalue weighted by atomic mass is 14.6. The number of hydrogen-bond donors (Lipinski definition) is 2. The van der Waals surface area contributed by atoms with E-state index in [4.69, 9.17) is 11.5 Å². The first-order chi connectivity index (χ1) is 30.0. The Morgan fingerprint density at radius 1 is 0.262 bits per heavy atom. The Kier molecular flexibility index (Phi) is 26.5. The summed E-state index contributed by atoms with van der Waals surface area (Å²) in [7, 11) is 0. The van der Waals surface area contributed by atoms with Gasteiger partial charge in [0.2, 0.25) is 0 Å². The van der Waals surface area contributed by atoms with Gasteiger partial charge in [0, 0.05) is 11.4 Å². The summed E-state index contributed by atoms with van der Waals surface area (Å²) >= 11 is 0. The van der Waals surface area contributed by atoms with Crippen LogP contribution in [0.3, 0.4) is 0 Å². The van der Waals surface area contributed by atoms with E-state index in [0.717, 1.165) is 37.1 Å². The first-order valence-electron chi connectivity index (χ1n) is 25.9. The molecule has 0 aliphatic heterocycles. The van der Waals surface area contributed by atoms with E-state index in [1.807, 2.05) is 0 Å². The Bertz CT molecular complexity index is 1540. The van der Waals surface area contributed by atoms with Crippen molar-refractivity contribution in [2.75, 3.05) is 11.5 Å². The third-order valence-electron chi connectivity index (χ3n) is 13.3. The third kappa shape index (κ3) is 22.4. The van der Waals surface area contributed by atoms with Gasteiger partial charge in [0.25, 0.3) is 0 Å². The van der Waals surface area contributed by atoms with Crippen LogP contribution in [0, 0.1) is 0 Å². The average molecular weight is 827 g/mol. The van der Waals surface area contributed by atoms with Gasteiger partial charge < -0.3 is 11.5 Å². The van der Waals surface area contributed by atoms with Crippen molar-refractivity contribution in [3.8, 4) is 0 Å². The zero-order valence-electron chi connectivity index (χ0n) is 39.6. The highest BCUT2D eigenvalue weighted by Crippen LogP contribution is 2.23. The van der Waals surface area contributed by atoms with Crippen LogP contribution < -0.4 is 11.5 Å². The van der Waals surface area contributed by atoms with Crippen LogP contribution in [0.1, 0.15) is 232 Å². The van der Waals surface area contributed by atoms with Crippen LogP contribution in [0.25, 0.3) is 0 Å². The van der Waals surface area contributed by atoms with Gasteiger partial charge in [-0.2, -0.15) is 0 Å². The van der Waals surface area contributed by atoms with Crippen molar-refractivity contribution in [3.05, 3.63) is 129 Å². The number of rotatable bonds is 36. The van der Waals surface area contributed by atoms with E-state index in [9.17, 15) is 0 Å². The number of unbranched alkanes of at least 4 members (excludes halogenated alkanes) is 24. The molecule has 2 nitrogen and oxygen atoms in total. The van der Waals surface area contributed by atoms with Gasteiger partial charge in [0.15, 0.2) is 0 Å². The minimum atomic E-state index is 0.961. The molecule has 4 N–H and O–H groups in total. The maximum atomic E-state index is 6.34. The smallest absolute Gasteiger partial charge is 0.0346 e. The summed E-state index contributed by atoms with van der Waals surface area (Å²) < 4.78 is 0. The quantitative estimate of drug-likeness (QED) is 0.0354. The number of hydrogen-bond acceptors (Lipinski definition) is 2. The lowest BCUT2D eigenvalue weighted by Crippen LogP contribution is -1.98. The van der Waals surface area contributed by atoms with Crippen LogP contribution in [-0.2, 0) is 38.5 Å². The molecule has 61 heavy (non-hydrogen) atoms. The molecule has 0 aliphatic rings. The van der Waals surface area contributed by atoms with Gasteiger partial charge in [0.05, 0.1) is 0 Å². The maximum Gasteiger partial charge on any atom is 0.0346 e. The molecule has 0 bridgehead atoms. The minimum Gasteiger partial charge on any atom is -0.399 e. The van der Waals surface area contributed by atoms with Gasteiger partial charge in [-0.15, -0.1) is 0 Å². The van der Waals surface area contributed by atoms with E-state index >= 15 is 0 Å². The van der Waals surface area contributed by atoms with Crippen molar-refractivity contribution >= 4 is 11.4 Å². The summed E-state index contributed by atoms with van der Waals surface area (Å²) in [5.74, 6) is 0. The number of aryl methyl sites for hydroxylation is 4. The molecule has 0 spiro atoms. The maximum absolute atomic E-state index is 6.34. The van der Waals surface area contributed by atoms with Crippen LogP contribution in [0.15, 0.2) is 84.9 Å². The van der Waals surface area contributed by atoms with Crippen LogP contribution in [0.2, 0.25) is 0 Å². The lowest BCUT2D eigenvalue weighted by molar-refractivity contribution is 0.530. The largest absolute Gasteiger partial charge is 0.399 e. The molecule has 336 valence electrons. The van der Waals surface area contributed by atoms with Crippen molar-refractivity contribution < 1.29 is 0 Å². The Balaban J connectivity index is 0.923. The zero-order valence-corrected chi connectivity index (χ0v) is 39.6. The van der Waals surface area contributed by atoms with Gasteiger partial charge in [-0.05, 0) is 121 Å². The van der Waals surface area contributed by atoms with Crippen LogP contribution in [0.5, 0.6) is 0 Å². The van der Waals surface area contributed by atoms with Crippen molar-refractivity contribution in [1.82, 2.24) is 0 Å². The second-order valence-electron chi connectivity index (χ2n) is 18.9. The first kappa shape index (κ1) is 50.1. The molecule has 0 radical (unpaired) electrons. The van der Waals surface area contributed by atoms with E-state index in [1.54, 1.807) is 0 Å². The molecule has 0 saturated heterocycles. The molecule has 0 heterocycles. The number of benzene rings is 4. The topological polar surface area (TPSA) is 52.0 Å². The average Bonchev–Trinajstić information content (AvgIpc) is 3.27. The number of nitrogen functional groups attached to an aromatic ring is 2. The summed E-state index contributed by atoms with van der Waals surface area (Å²) in [6.07, 6.45) is 43.6. The van der Waals surface area contributed by atoms with E-state index in [-0.39, 0.29) is 0 Å². The molecule has 0 aliphatic carbocycles. The van der Waals surface area contributed by atoms with E-state index in [0.29, 0.717) is 0 Å². The van der Waals surface area contributed by atoms with E-state index in [1.165, 1.54) is 231 Å². The summed E-state index contributed by atoms with van der Waals surface area (Å²) in [6.45, 7) is 4.56. The second-order valence-corrected chi connectivity index (χ2v) is 18.9. The molecule has 0 amide bonds. The molecule has 0 fully saturated rings. The van der Waals surface area contributed by atoms with Crippen molar-refractivity contribution in [1.29, 1.82) is 0 Å². The Morgan fingerprint density at radius 3 is 0.820 bits per heavy atom. The van der Waals surface area contributed by atoms with Crippen LogP contribution in [-0.4, -0.2) is 0 Å². The van der Waals surface area contributed by atoms with Gasteiger partial charge in [0.1, 0.15) is 0 Å². The second kappa shape index (κ2) is 32.2. The molecular formula is C59H90N2. The van der Waals surface area contributed by atoms with E-state index < -0.39 is 0 Å². The van der Waals surface area contributed by atoms with Crippen LogP contribution in [0.4, 0.5) is 11.4 Å². The molecule has 0 unspecified atom stereocenters. The van der Waals surface area contributed by atoms with Gasteiger partial charge >= 0.3 is 0 Å². The fourth-order valence-corrected chi connectivity index (χ4v) is 9.24. The summed E-state index contributed by atoms with van der Waals surface area (Å²) in [4.78, 5) is 0. The summed E-state index contributed by atoms with van der Waals surface area (Å²) in [5.41, 5.74) is 25.8. The van der Waals surface area contributed by atoms with Crippen LogP contribution >= 0.6 is 0 Å². The molecule has 4 aromatic carbocycles. The predicted octanol–water partition coefficient (Wildman–Crippen LogP) is 17.5. The summed E-state index contributed by atoms with van der Waals surface area (Å²) in [5, 5.41) is 0. The Morgan fingerprint density at radius 2 is 0.508 bits per heavy atom. The van der Waals surface area contributed by atoms with Gasteiger partial charge in [-0.1, -0.05) is 234 Å². The molecular weight excluding hydrogens is 737 g/mol. The van der Waals surface area contributed by atoms with Gasteiger partial charge in [-0.25, -0.2) is 0 Å². The fraction of sp³-hybridized carbons (Fsp3) is 0.593. The van der Waals surface area contributed by atoms with Crippen molar-refractivity contribution in [2.24, 2.45) is 0 Å². The molecule has 4 aromatic rings. The fourth-order valence-electron chi connectivity index (χ4n) is 9.24. The lowest BCUT2D eigenvalue weighted by Gasteiger charge is -2.10.